The van der Waals surface area contributed by atoms with Gasteiger partial charge in [-0.05, 0) is 12.1 Å². The third-order valence-corrected chi connectivity index (χ3v) is 3.68. The molecule has 0 aliphatic heterocycles. The van der Waals surface area contributed by atoms with E-state index in [-0.39, 0.29) is 0 Å². The van der Waals surface area contributed by atoms with E-state index in [4.69, 9.17) is 28.9 Å². The van der Waals surface area contributed by atoms with Crippen molar-refractivity contribution in [2.75, 3.05) is 5.73 Å². The lowest BCUT2D eigenvalue weighted by molar-refractivity contribution is 0.914. The number of nitrogens with two attached hydrogens (primary N) is 1. The molecule has 3 rings (SSSR count). The number of imidazole rings is 1. The molecule has 3 aromatic rings. The fraction of sp³-hybridized carbons (Fsp3) is 0.0769. The van der Waals surface area contributed by atoms with Crippen LogP contribution in [0.15, 0.2) is 30.6 Å². The number of anilines is 1. The minimum absolute atomic E-state index is 0.331. The predicted octanol–water partition coefficient (Wildman–Crippen LogP) is 3.37. The molecule has 0 aliphatic rings. The van der Waals surface area contributed by atoms with Crippen LogP contribution in [0, 0.1) is 0 Å². The molecule has 0 saturated heterocycles. The highest BCUT2D eigenvalue weighted by atomic mass is 35.5. The van der Waals surface area contributed by atoms with Crippen LogP contribution in [0.2, 0.25) is 10.0 Å². The number of hydrogen-bond acceptors (Lipinski definition) is 3. The van der Waals surface area contributed by atoms with Crippen LogP contribution in [0.3, 0.4) is 0 Å². The number of nitrogens with one attached hydrogen (secondary N) is 1. The Labute approximate surface area is 125 Å². The zero-order valence-corrected chi connectivity index (χ0v) is 12.1. The fourth-order valence-electron chi connectivity index (χ4n) is 2.11. The van der Waals surface area contributed by atoms with Crippen LogP contribution in [0.5, 0.6) is 0 Å². The zero-order valence-electron chi connectivity index (χ0n) is 10.6. The molecule has 3 N–H and O–H groups in total. The van der Waals surface area contributed by atoms with Crippen LogP contribution in [0.4, 0.5) is 5.82 Å². The Morgan fingerprint density at radius 2 is 1.90 bits per heavy atom. The van der Waals surface area contributed by atoms with Crippen LogP contribution < -0.4 is 5.73 Å². The van der Waals surface area contributed by atoms with Gasteiger partial charge in [0.15, 0.2) is 11.6 Å². The summed E-state index contributed by atoms with van der Waals surface area (Å²) in [6, 6.07) is 5.31. The Morgan fingerprint density at radius 1 is 1.20 bits per heavy atom. The summed E-state index contributed by atoms with van der Waals surface area (Å²) in [7, 11) is 1.89. The van der Waals surface area contributed by atoms with Gasteiger partial charge in [-0.1, -0.05) is 29.3 Å². The van der Waals surface area contributed by atoms with E-state index in [1.165, 1.54) is 0 Å². The van der Waals surface area contributed by atoms with Crippen LogP contribution in [-0.4, -0.2) is 19.7 Å². The van der Waals surface area contributed by atoms with Crippen molar-refractivity contribution in [3.05, 3.63) is 40.6 Å². The zero-order chi connectivity index (χ0) is 14.3. The second kappa shape index (κ2) is 4.85. The Hall–Kier alpha value is -1.98. The molecule has 102 valence electrons. The van der Waals surface area contributed by atoms with Crippen molar-refractivity contribution in [3.63, 3.8) is 0 Å². The minimum atomic E-state index is 0.331. The Kier molecular flexibility index (Phi) is 3.16. The SMILES string of the molecule is Cn1ccnc1-c1[nH]nc(N)c1-c1c(Cl)cccc1Cl. The lowest BCUT2D eigenvalue weighted by atomic mass is 10.0. The van der Waals surface area contributed by atoms with Crippen molar-refractivity contribution in [1.29, 1.82) is 0 Å². The molecule has 2 aromatic heterocycles. The maximum absolute atomic E-state index is 6.26. The van der Waals surface area contributed by atoms with Crippen LogP contribution >= 0.6 is 23.2 Å². The van der Waals surface area contributed by atoms with Crippen LogP contribution in [0.25, 0.3) is 22.6 Å². The Morgan fingerprint density at radius 3 is 2.50 bits per heavy atom. The number of benzene rings is 1. The number of hydrogen-bond donors (Lipinski definition) is 2. The topological polar surface area (TPSA) is 72.5 Å². The highest BCUT2D eigenvalue weighted by molar-refractivity contribution is 6.39. The molecule has 0 spiro atoms. The number of aryl methyl sites for hydroxylation is 1. The number of aromatic nitrogens is 4. The third-order valence-electron chi connectivity index (χ3n) is 3.05. The first kappa shape index (κ1) is 13.0. The minimum Gasteiger partial charge on any atom is -0.382 e. The third kappa shape index (κ3) is 1.95. The lowest BCUT2D eigenvalue weighted by Gasteiger charge is -2.08. The van der Waals surface area contributed by atoms with Crippen LogP contribution in [-0.2, 0) is 7.05 Å². The van der Waals surface area contributed by atoms with Crippen molar-refractivity contribution >= 4 is 29.0 Å². The lowest BCUT2D eigenvalue weighted by Crippen LogP contribution is -1.95. The highest BCUT2D eigenvalue weighted by Gasteiger charge is 2.21. The maximum Gasteiger partial charge on any atom is 0.158 e. The predicted molar refractivity (Wildman–Crippen MR) is 80.7 cm³/mol. The number of nitrogen functional groups attached to an aromatic ring is 1. The summed E-state index contributed by atoms with van der Waals surface area (Å²) < 4.78 is 1.86. The van der Waals surface area contributed by atoms with Crippen molar-refractivity contribution < 1.29 is 0 Å². The van der Waals surface area contributed by atoms with E-state index in [0.29, 0.717) is 38.5 Å². The van der Waals surface area contributed by atoms with Crippen LogP contribution in [0.1, 0.15) is 0 Å². The summed E-state index contributed by atoms with van der Waals surface area (Å²) in [6.45, 7) is 0. The molecule has 0 radical (unpaired) electrons. The van der Waals surface area contributed by atoms with E-state index in [1.807, 2.05) is 17.8 Å². The smallest absolute Gasteiger partial charge is 0.158 e. The molecule has 0 amide bonds. The molecule has 20 heavy (non-hydrogen) atoms. The van der Waals surface area contributed by atoms with Crippen molar-refractivity contribution in [3.8, 4) is 22.6 Å². The van der Waals surface area contributed by atoms with Crippen molar-refractivity contribution in [2.45, 2.75) is 0 Å². The van der Waals surface area contributed by atoms with Gasteiger partial charge in [0.1, 0.15) is 5.69 Å². The molecule has 5 nitrogen and oxygen atoms in total. The second-order valence-electron chi connectivity index (χ2n) is 4.32. The van der Waals surface area contributed by atoms with Gasteiger partial charge in [-0.15, -0.1) is 0 Å². The fourth-order valence-corrected chi connectivity index (χ4v) is 2.70. The van der Waals surface area contributed by atoms with Gasteiger partial charge >= 0.3 is 0 Å². The largest absolute Gasteiger partial charge is 0.382 e. The molecule has 1 aromatic carbocycles. The first-order chi connectivity index (χ1) is 9.59. The molecular weight excluding hydrogens is 297 g/mol. The molecule has 2 heterocycles. The second-order valence-corrected chi connectivity index (χ2v) is 5.13. The van der Waals surface area contributed by atoms with Gasteiger partial charge < -0.3 is 10.3 Å². The summed E-state index contributed by atoms with van der Waals surface area (Å²) in [5, 5.41) is 7.98. The van der Waals surface area contributed by atoms with Gasteiger partial charge in [0, 0.05) is 25.0 Å². The first-order valence-electron chi connectivity index (χ1n) is 5.85. The molecule has 0 bridgehead atoms. The van der Waals surface area contributed by atoms with E-state index in [1.54, 1.807) is 24.4 Å². The molecule has 0 atom stereocenters. The van der Waals surface area contributed by atoms with E-state index in [9.17, 15) is 0 Å². The Bertz CT molecular complexity index is 755. The molecule has 0 fully saturated rings. The summed E-state index contributed by atoms with van der Waals surface area (Å²) in [5.74, 6) is 1.04. The number of rotatable bonds is 2. The first-order valence-corrected chi connectivity index (χ1v) is 6.61. The summed E-state index contributed by atoms with van der Waals surface area (Å²) in [5.41, 5.74) is 7.97. The molecule has 0 aliphatic carbocycles. The van der Waals surface area contributed by atoms with E-state index >= 15 is 0 Å². The summed E-state index contributed by atoms with van der Waals surface area (Å²) >= 11 is 12.5. The molecule has 0 saturated carbocycles. The van der Waals surface area contributed by atoms with Gasteiger partial charge in [-0.3, -0.25) is 5.10 Å². The quantitative estimate of drug-likeness (QED) is 0.762. The maximum atomic E-state index is 6.26. The number of H-pyrrole nitrogens is 1. The number of aromatic amines is 1. The number of halogens is 2. The molecule has 7 heteroatoms. The monoisotopic (exact) mass is 307 g/mol. The highest BCUT2D eigenvalue weighted by Crippen LogP contribution is 2.41. The summed E-state index contributed by atoms with van der Waals surface area (Å²) in [6.07, 6.45) is 3.54. The molecule has 0 unspecified atom stereocenters. The van der Waals surface area contributed by atoms with Gasteiger partial charge in [0.25, 0.3) is 0 Å². The normalized spacial score (nSPS) is 10.9. The van der Waals surface area contributed by atoms with Gasteiger partial charge in [0.2, 0.25) is 0 Å². The molecular formula is C13H11Cl2N5. The van der Waals surface area contributed by atoms with Gasteiger partial charge in [-0.25, -0.2) is 4.98 Å². The number of nitrogens with zero attached hydrogens (tertiary/aromatic N) is 3. The van der Waals surface area contributed by atoms with Crippen molar-refractivity contribution in [1.82, 2.24) is 19.7 Å². The van der Waals surface area contributed by atoms with E-state index < -0.39 is 0 Å². The van der Waals surface area contributed by atoms with Gasteiger partial charge in [0.05, 0.1) is 15.6 Å². The standard InChI is InChI=1S/C13H11Cl2N5/c1-20-6-5-17-13(20)11-10(12(16)19-18-11)9-7(14)3-2-4-8(9)15/h2-6H,1H3,(H3,16,18,19). The summed E-state index contributed by atoms with van der Waals surface area (Å²) in [4.78, 5) is 4.29. The van der Waals surface area contributed by atoms with E-state index in [0.717, 1.165) is 0 Å². The van der Waals surface area contributed by atoms with Crippen molar-refractivity contribution in [2.24, 2.45) is 7.05 Å². The average molecular weight is 308 g/mol. The van der Waals surface area contributed by atoms with Gasteiger partial charge in [-0.2, -0.15) is 5.10 Å². The average Bonchev–Trinajstić information content (AvgIpc) is 2.97. The van der Waals surface area contributed by atoms with E-state index in [2.05, 4.69) is 15.2 Å². The Balaban J connectivity index is 2.31.